The maximum Gasteiger partial charge on any atom is 0.407 e. The quantitative estimate of drug-likeness (QED) is 0.411. The average molecular weight is 315 g/mol. The van der Waals surface area contributed by atoms with Gasteiger partial charge in [-0.2, -0.15) is 0 Å². The first kappa shape index (κ1) is 20.7. The van der Waals surface area contributed by atoms with Crippen LogP contribution in [0.4, 0.5) is 4.79 Å². The maximum absolute atomic E-state index is 11.5. The monoisotopic (exact) mass is 315 g/mol. The number of hydrogen-bond donors (Lipinski definition) is 1. The Hall–Kier alpha value is -1.26. The number of nitrogens with one attached hydrogen (secondary N) is 1. The topological polar surface area (TPSA) is 64.6 Å². The Kier molecular flexibility index (Phi) is 13.8. The first-order valence-corrected chi connectivity index (χ1v) is 8.62. The van der Waals surface area contributed by atoms with Crippen LogP contribution in [-0.4, -0.2) is 31.8 Å². The molecule has 0 saturated heterocycles. The lowest BCUT2D eigenvalue weighted by Gasteiger charge is -2.08. The fourth-order valence-corrected chi connectivity index (χ4v) is 1.86. The Labute approximate surface area is 135 Å². The van der Waals surface area contributed by atoms with Gasteiger partial charge in [0.25, 0.3) is 0 Å². The van der Waals surface area contributed by atoms with Gasteiger partial charge in [-0.15, -0.1) is 0 Å². The summed E-state index contributed by atoms with van der Waals surface area (Å²) >= 11 is 0. The lowest BCUT2D eigenvalue weighted by Crippen LogP contribution is -2.27. The van der Waals surface area contributed by atoms with Crippen molar-refractivity contribution in [2.24, 2.45) is 5.92 Å². The van der Waals surface area contributed by atoms with Crippen molar-refractivity contribution in [1.82, 2.24) is 5.32 Å². The molecule has 0 radical (unpaired) electrons. The van der Waals surface area contributed by atoms with Gasteiger partial charge in [0, 0.05) is 13.0 Å². The van der Waals surface area contributed by atoms with Crippen LogP contribution in [0.25, 0.3) is 0 Å². The van der Waals surface area contributed by atoms with E-state index in [-0.39, 0.29) is 5.97 Å². The number of alkyl carbamates (subject to hydrolysis) is 1. The van der Waals surface area contributed by atoms with E-state index >= 15 is 0 Å². The van der Waals surface area contributed by atoms with E-state index in [1.165, 1.54) is 25.7 Å². The van der Waals surface area contributed by atoms with E-state index in [9.17, 15) is 9.59 Å². The van der Waals surface area contributed by atoms with Crippen molar-refractivity contribution in [3.63, 3.8) is 0 Å². The average Bonchev–Trinajstić information content (AvgIpc) is 2.48. The smallest absolute Gasteiger partial charge is 0.407 e. The van der Waals surface area contributed by atoms with E-state index < -0.39 is 6.09 Å². The van der Waals surface area contributed by atoms with Crippen molar-refractivity contribution in [3.05, 3.63) is 0 Å². The van der Waals surface area contributed by atoms with E-state index in [0.29, 0.717) is 38.5 Å². The fraction of sp³-hybridized carbons (Fsp3) is 0.882. The molecule has 0 bridgehead atoms. The van der Waals surface area contributed by atoms with Crippen LogP contribution in [0.2, 0.25) is 0 Å². The molecule has 1 amide bonds. The van der Waals surface area contributed by atoms with Gasteiger partial charge in [-0.3, -0.25) is 4.79 Å². The summed E-state index contributed by atoms with van der Waals surface area (Å²) in [5, 5.41) is 2.62. The Morgan fingerprint density at radius 3 is 2.32 bits per heavy atom. The molecule has 1 N–H and O–H groups in total. The van der Waals surface area contributed by atoms with Gasteiger partial charge in [0.2, 0.25) is 0 Å². The molecule has 22 heavy (non-hydrogen) atoms. The van der Waals surface area contributed by atoms with Crippen molar-refractivity contribution in [2.45, 2.75) is 72.1 Å². The van der Waals surface area contributed by atoms with Gasteiger partial charge in [-0.1, -0.05) is 52.9 Å². The van der Waals surface area contributed by atoms with E-state index in [1.54, 1.807) is 0 Å². The molecule has 0 spiro atoms. The predicted molar refractivity (Wildman–Crippen MR) is 87.8 cm³/mol. The number of esters is 1. The van der Waals surface area contributed by atoms with Crippen LogP contribution in [0.5, 0.6) is 0 Å². The predicted octanol–water partition coefficient (Wildman–Crippen LogP) is 4.05. The van der Waals surface area contributed by atoms with E-state index in [2.05, 4.69) is 12.2 Å². The summed E-state index contributed by atoms with van der Waals surface area (Å²) in [4.78, 5) is 22.7. The van der Waals surface area contributed by atoms with Crippen LogP contribution < -0.4 is 5.32 Å². The first-order chi connectivity index (χ1) is 10.6. The zero-order chi connectivity index (χ0) is 16.6. The molecule has 0 unspecified atom stereocenters. The molecule has 5 heteroatoms. The van der Waals surface area contributed by atoms with Crippen molar-refractivity contribution in [2.75, 3.05) is 19.8 Å². The Morgan fingerprint density at radius 1 is 0.955 bits per heavy atom. The molecular formula is C17H33NO4. The van der Waals surface area contributed by atoms with Gasteiger partial charge in [-0.05, 0) is 18.8 Å². The van der Waals surface area contributed by atoms with Crippen LogP contribution in [0, 0.1) is 5.92 Å². The lowest BCUT2D eigenvalue weighted by molar-refractivity contribution is -0.143. The molecule has 0 aliphatic heterocycles. The van der Waals surface area contributed by atoms with E-state index in [0.717, 1.165) is 12.8 Å². The number of carbonyl (C=O) groups is 2. The summed E-state index contributed by atoms with van der Waals surface area (Å²) in [6, 6.07) is 0. The number of carbonyl (C=O) groups excluding carboxylic acids is 2. The number of amides is 1. The lowest BCUT2D eigenvalue weighted by atomic mass is 10.1. The minimum absolute atomic E-state index is 0.189. The van der Waals surface area contributed by atoms with Crippen molar-refractivity contribution < 1.29 is 19.1 Å². The summed E-state index contributed by atoms with van der Waals surface area (Å²) in [5.74, 6) is 0.133. The minimum atomic E-state index is -0.422. The molecule has 5 nitrogen and oxygen atoms in total. The van der Waals surface area contributed by atoms with Crippen LogP contribution in [0.15, 0.2) is 0 Å². The Bertz CT molecular complexity index is 292. The summed E-state index contributed by atoms with van der Waals surface area (Å²) in [7, 11) is 0. The normalized spacial score (nSPS) is 10.5. The molecule has 130 valence electrons. The Morgan fingerprint density at radius 2 is 1.64 bits per heavy atom. The Balaban J connectivity index is 3.34. The number of ether oxygens (including phenoxy) is 2. The molecule has 0 heterocycles. The van der Waals surface area contributed by atoms with Gasteiger partial charge in [0.1, 0.15) is 0 Å². The number of unbranched alkanes of at least 4 members (excludes halogenated alkanes) is 5. The molecule has 0 fully saturated rings. The minimum Gasteiger partial charge on any atom is -0.466 e. The first-order valence-electron chi connectivity index (χ1n) is 8.62. The molecule has 0 aromatic rings. The standard InChI is InChI=1S/C17H33NO4/c1-4-5-6-7-8-9-13-21-16(19)11-10-12-18-17(20)22-14-15(2)3/h15H,4-14H2,1-3H3,(H,18,20). The second kappa shape index (κ2) is 14.7. The largest absolute Gasteiger partial charge is 0.466 e. The van der Waals surface area contributed by atoms with Crippen LogP contribution in [0.1, 0.15) is 72.1 Å². The SMILES string of the molecule is CCCCCCCCOC(=O)CCCNC(=O)OCC(C)C. The molecular weight excluding hydrogens is 282 g/mol. The van der Waals surface area contributed by atoms with E-state index in [4.69, 9.17) is 9.47 Å². The molecule has 0 aromatic carbocycles. The fourth-order valence-electron chi connectivity index (χ4n) is 1.86. The van der Waals surface area contributed by atoms with Gasteiger partial charge in [-0.25, -0.2) is 4.79 Å². The molecule has 0 aliphatic carbocycles. The number of hydrogen-bond acceptors (Lipinski definition) is 4. The highest BCUT2D eigenvalue weighted by Crippen LogP contribution is 2.05. The summed E-state index contributed by atoms with van der Waals surface area (Å²) in [6.07, 6.45) is 7.56. The van der Waals surface area contributed by atoms with Crippen molar-refractivity contribution >= 4 is 12.1 Å². The highest BCUT2D eigenvalue weighted by Gasteiger charge is 2.05. The molecule has 0 atom stereocenters. The van der Waals surface area contributed by atoms with Gasteiger partial charge in [0.15, 0.2) is 0 Å². The summed E-state index contributed by atoms with van der Waals surface area (Å²) in [5.41, 5.74) is 0. The summed E-state index contributed by atoms with van der Waals surface area (Å²) in [6.45, 7) is 7.50. The zero-order valence-electron chi connectivity index (χ0n) is 14.5. The molecule has 0 rings (SSSR count). The molecule has 0 saturated carbocycles. The summed E-state index contributed by atoms with van der Waals surface area (Å²) < 4.78 is 10.1. The van der Waals surface area contributed by atoms with Gasteiger partial charge >= 0.3 is 12.1 Å². The van der Waals surface area contributed by atoms with Crippen LogP contribution >= 0.6 is 0 Å². The third-order valence-corrected chi connectivity index (χ3v) is 3.14. The van der Waals surface area contributed by atoms with Crippen LogP contribution in [-0.2, 0) is 14.3 Å². The zero-order valence-corrected chi connectivity index (χ0v) is 14.5. The van der Waals surface area contributed by atoms with Gasteiger partial charge in [0.05, 0.1) is 13.2 Å². The highest BCUT2D eigenvalue weighted by atomic mass is 16.5. The van der Waals surface area contributed by atoms with Crippen molar-refractivity contribution in [1.29, 1.82) is 0 Å². The molecule has 0 aliphatic rings. The van der Waals surface area contributed by atoms with Gasteiger partial charge < -0.3 is 14.8 Å². The third-order valence-electron chi connectivity index (χ3n) is 3.14. The second-order valence-electron chi connectivity index (χ2n) is 6.01. The maximum atomic E-state index is 11.5. The molecule has 0 aromatic heterocycles. The second-order valence-corrected chi connectivity index (χ2v) is 6.01. The van der Waals surface area contributed by atoms with Crippen molar-refractivity contribution in [3.8, 4) is 0 Å². The highest BCUT2D eigenvalue weighted by molar-refractivity contribution is 5.69. The third kappa shape index (κ3) is 15.1. The van der Waals surface area contributed by atoms with E-state index in [1.807, 2.05) is 13.8 Å². The van der Waals surface area contributed by atoms with Crippen LogP contribution in [0.3, 0.4) is 0 Å². The number of rotatable bonds is 13.